The molecule has 2 unspecified atom stereocenters. The van der Waals surface area contributed by atoms with E-state index < -0.39 is 0 Å². The van der Waals surface area contributed by atoms with E-state index in [9.17, 15) is 4.79 Å². The minimum absolute atomic E-state index is 0.0196. The number of likely N-dealkylation sites (N-methyl/N-ethyl adjacent to an activating group) is 1. The lowest BCUT2D eigenvalue weighted by atomic mass is 9.84. The first-order valence-corrected chi connectivity index (χ1v) is 11.4. The molecule has 1 heterocycles. The average Bonchev–Trinajstić information content (AvgIpc) is 2.75. The normalized spacial score (nSPS) is 24.6. The molecule has 1 aromatic carbocycles. The van der Waals surface area contributed by atoms with Crippen molar-refractivity contribution in [2.24, 2.45) is 16.3 Å². The van der Waals surface area contributed by atoms with Crippen LogP contribution < -0.4 is 16.0 Å². The Morgan fingerprint density at radius 3 is 2.84 bits per heavy atom. The summed E-state index contributed by atoms with van der Waals surface area (Å²) in [6.07, 6.45) is 4.52. The van der Waals surface area contributed by atoms with Crippen LogP contribution >= 0.6 is 0 Å². The van der Waals surface area contributed by atoms with Crippen LogP contribution in [0.2, 0.25) is 0 Å². The number of amides is 1. The molecule has 0 radical (unpaired) electrons. The van der Waals surface area contributed by atoms with Crippen LogP contribution in [0, 0.1) is 5.92 Å². The fraction of sp³-hybridized carbons (Fsp3) is 0.625. The summed E-state index contributed by atoms with van der Waals surface area (Å²) in [6.45, 7) is 10.4. The number of nitrogens with one attached hydrogen (secondary N) is 3. The van der Waals surface area contributed by atoms with Crippen molar-refractivity contribution in [3.63, 3.8) is 0 Å². The Bertz CT molecular complexity index is 762. The minimum atomic E-state index is 0.0196. The topological polar surface area (TPSA) is 81.1 Å². The van der Waals surface area contributed by atoms with Crippen molar-refractivity contribution in [1.82, 2.24) is 15.6 Å². The molecular weight excluding hydrogens is 388 g/mol. The van der Waals surface area contributed by atoms with Gasteiger partial charge in [0.15, 0.2) is 0 Å². The summed E-state index contributed by atoms with van der Waals surface area (Å²) in [5.74, 6) is 0.372. The molecule has 7 nitrogen and oxygen atoms in total. The molecular formula is C24H40N6O. The van der Waals surface area contributed by atoms with E-state index in [0.29, 0.717) is 18.4 Å². The fourth-order valence-corrected chi connectivity index (χ4v) is 4.18. The molecule has 1 amide bonds. The zero-order chi connectivity index (χ0) is 22.8. The molecule has 0 fully saturated rings. The van der Waals surface area contributed by atoms with Crippen LogP contribution in [0.5, 0.6) is 0 Å². The van der Waals surface area contributed by atoms with Gasteiger partial charge in [0.1, 0.15) is 0 Å². The van der Waals surface area contributed by atoms with Gasteiger partial charge in [-0.3, -0.25) is 9.80 Å². The van der Waals surface area contributed by atoms with E-state index in [1.54, 1.807) is 7.05 Å². The highest BCUT2D eigenvalue weighted by Crippen LogP contribution is 2.28. The maximum absolute atomic E-state index is 11.8. The average molecular weight is 429 g/mol. The van der Waals surface area contributed by atoms with Gasteiger partial charge in [-0.15, -0.1) is 0 Å². The summed E-state index contributed by atoms with van der Waals surface area (Å²) in [4.78, 5) is 11.8. The number of carbonyl (C=O) groups is 1. The molecule has 0 bridgehead atoms. The molecule has 31 heavy (non-hydrogen) atoms. The zero-order valence-corrected chi connectivity index (χ0v) is 20.0. The Hall–Kier alpha value is -2.41. The lowest BCUT2D eigenvalue weighted by molar-refractivity contribution is -0.119. The predicted octanol–water partition coefficient (Wildman–Crippen LogP) is 3.80. The van der Waals surface area contributed by atoms with Gasteiger partial charge in [0, 0.05) is 44.3 Å². The van der Waals surface area contributed by atoms with E-state index in [4.69, 9.17) is 0 Å². The lowest BCUT2D eigenvalue weighted by Gasteiger charge is -2.33. The Kier molecular flexibility index (Phi) is 9.98. The predicted molar refractivity (Wildman–Crippen MR) is 128 cm³/mol. The SMILES string of the molecule is C/C=C1\C[C@H](C(C)NCC)[C@@H](C)N=NN(C)CCC1Nc1cccc(CC(=O)NC)c1. The molecule has 1 aliphatic heterocycles. The van der Waals surface area contributed by atoms with E-state index in [0.717, 1.165) is 37.2 Å². The third-order valence-electron chi connectivity index (χ3n) is 6.12. The van der Waals surface area contributed by atoms with E-state index in [1.807, 2.05) is 24.2 Å². The summed E-state index contributed by atoms with van der Waals surface area (Å²) in [5.41, 5.74) is 3.43. The van der Waals surface area contributed by atoms with Crippen LogP contribution in [-0.4, -0.2) is 56.2 Å². The summed E-state index contributed by atoms with van der Waals surface area (Å²) in [5, 5.41) is 21.0. The first-order valence-electron chi connectivity index (χ1n) is 11.4. The molecule has 3 N–H and O–H groups in total. The van der Waals surface area contributed by atoms with Crippen molar-refractivity contribution in [2.75, 3.05) is 32.5 Å². The van der Waals surface area contributed by atoms with Gasteiger partial charge in [-0.25, -0.2) is 0 Å². The quantitative estimate of drug-likeness (QED) is 0.577. The van der Waals surface area contributed by atoms with Gasteiger partial charge in [-0.05, 0) is 57.9 Å². The molecule has 2 rings (SSSR count). The Morgan fingerprint density at radius 1 is 1.39 bits per heavy atom. The van der Waals surface area contributed by atoms with Gasteiger partial charge >= 0.3 is 0 Å². The molecule has 7 heteroatoms. The summed E-state index contributed by atoms with van der Waals surface area (Å²) in [6, 6.07) is 8.81. The summed E-state index contributed by atoms with van der Waals surface area (Å²) in [7, 11) is 3.65. The third kappa shape index (κ3) is 7.65. The number of hydrogen-bond donors (Lipinski definition) is 3. The van der Waals surface area contributed by atoms with Crippen molar-refractivity contribution in [2.45, 2.75) is 65.1 Å². The van der Waals surface area contributed by atoms with Crippen molar-refractivity contribution < 1.29 is 4.79 Å². The zero-order valence-electron chi connectivity index (χ0n) is 20.0. The van der Waals surface area contributed by atoms with Gasteiger partial charge < -0.3 is 16.0 Å². The molecule has 0 saturated carbocycles. The summed E-state index contributed by atoms with van der Waals surface area (Å²) >= 11 is 0. The van der Waals surface area contributed by atoms with Crippen molar-refractivity contribution in [1.29, 1.82) is 0 Å². The maximum atomic E-state index is 11.8. The number of hydrogen-bond acceptors (Lipinski definition) is 6. The number of nitrogens with zero attached hydrogens (tertiary/aromatic N) is 3. The van der Waals surface area contributed by atoms with Crippen LogP contribution in [0.3, 0.4) is 0 Å². The highest BCUT2D eigenvalue weighted by Gasteiger charge is 2.28. The molecule has 1 aliphatic rings. The largest absolute Gasteiger partial charge is 0.378 e. The van der Waals surface area contributed by atoms with E-state index in [1.165, 1.54) is 5.57 Å². The van der Waals surface area contributed by atoms with Crippen molar-refractivity contribution in [3.8, 4) is 0 Å². The minimum Gasteiger partial charge on any atom is -0.378 e. The molecule has 0 aromatic heterocycles. The highest BCUT2D eigenvalue weighted by atomic mass is 16.1. The van der Waals surface area contributed by atoms with Gasteiger partial charge in [0.2, 0.25) is 5.91 Å². The van der Waals surface area contributed by atoms with Crippen LogP contribution in [-0.2, 0) is 11.2 Å². The van der Waals surface area contributed by atoms with Crippen LogP contribution in [0.15, 0.2) is 46.3 Å². The van der Waals surface area contributed by atoms with E-state index in [2.05, 4.69) is 72.2 Å². The molecule has 0 aliphatic carbocycles. The molecule has 4 atom stereocenters. The van der Waals surface area contributed by atoms with E-state index >= 15 is 0 Å². The number of rotatable bonds is 7. The third-order valence-corrected chi connectivity index (χ3v) is 6.12. The second-order valence-electron chi connectivity index (χ2n) is 8.44. The van der Waals surface area contributed by atoms with Crippen LogP contribution in [0.25, 0.3) is 0 Å². The van der Waals surface area contributed by atoms with Crippen molar-refractivity contribution >= 4 is 11.6 Å². The highest BCUT2D eigenvalue weighted by molar-refractivity contribution is 5.78. The Balaban J connectivity index is 2.27. The molecule has 0 spiro atoms. The van der Waals surface area contributed by atoms with Crippen molar-refractivity contribution in [3.05, 3.63) is 41.5 Å². The Labute approximate surface area is 187 Å². The number of benzene rings is 1. The molecule has 1 aromatic rings. The van der Waals surface area contributed by atoms with Crippen LogP contribution in [0.4, 0.5) is 5.69 Å². The van der Waals surface area contributed by atoms with Crippen LogP contribution in [0.1, 0.15) is 46.1 Å². The standard InChI is InChI=1S/C24H40N6O/c1-7-20-16-22(17(3)26-8-2)18(4)28-29-30(6)13-12-23(20)27-21-11-9-10-19(14-21)15-24(31)25-5/h7,9-11,14,17-18,22-23,26-27H,8,12-13,15-16H2,1-6H3,(H,25,31)/b20-7+,29-28?/t17?,18-,22-,23?/m1/s1. The Morgan fingerprint density at radius 2 is 2.16 bits per heavy atom. The summed E-state index contributed by atoms with van der Waals surface area (Å²) < 4.78 is 0. The monoisotopic (exact) mass is 428 g/mol. The number of anilines is 1. The second kappa shape index (κ2) is 12.4. The number of carbonyl (C=O) groups excluding carboxylic acids is 1. The van der Waals surface area contributed by atoms with Gasteiger partial charge in [0.25, 0.3) is 0 Å². The first kappa shape index (κ1) is 24.9. The lowest BCUT2D eigenvalue weighted by Crippen LogP contribution is -2.40. The van der Waals surface area contributed by atoms with E-state index in [-0.39, 0.29) is 18.0 Å². The molecule has 0 saturated heterocycles. The smallest absolute Gasteiger partial charge is 0.224 e. The molecule has 172 valence electrons. The van der Waals surface area contributed by atoms with Gasteiger partial charge in [-0.2, -0.15) is 5.11 Å². The second-order valence-corrected chi connectivity index (χ2v) is 8.44. The van der Waals surface area contributed by atoms with Gasteiger partial charge in [0.05, 0.1) is 12.5 Å². The van der Waals surface area contributed by atoms with Gasteiger partial charge in [-0.1, -0.05) is 35.9 Å². The fourth-order valence-electron chi connectivity index (χ4n) is 4.18. The maximum Gasteiger partial charge on any atom is 0.224 e. The number of allylic oxidation sites excluding steroid dienone is 1. The first-order chi connectivity index (χ1) is 14.9.